The van der Waals surface area contributed by atoms with E-state index in [0.29, 0.717) is 12.1 Å². The van der Waals surface area contributed by atoms with Crippen molar-refractivity contribution in [2.45, 2.75) is 63.5 Å². The first-order chi connectivity index (χ1) is 16.4. The Hall–Kier alpha value is -1.14. The van der Waals surface area contributed by atoms with Crippen LogP contribution in [0.25, 0.3) is 20.2 Å². The van der Waals surface area contributed by atoms with Crippen molar-refractivity contribution >= 4 is 66.0 Å². The molecule has 4 atom stereocenters. The van der Waals surface area contributed by atoms with Gasteiger partial charge in [-0.2, -0.15) is 0 Å². The summed E-state index contributed by atoms with van der Waals surface area (Å²) in [5.74, 6) is 1.45. The molecule has 0 aliphatic carbocycles. The summed E-state index contributed by atoms with van der Waals surface area (Å²) in [5.41, 5.74) is 0. The Kier molecular flexibility index (Phi) is 7.84. The number of nitrogens with one attached hydrogen (secondary N) is 2. The third-order valence-corrected chi connectivity index (χ3v) is 10.1. The maximum Gasteiger partial charge on any atom is 0.0412 e. The largest absolute Gasteiger partial charge is 0.314 e. The van der Waals surface area contributed by atoms with Gasteiger partial charge in [0.05, 0.1) is 0 Å². The van der Waals surface area contributed by atoms with Gasteiger partial charge in [0, 0.05) is 41.3 Å². The molecular formula is C28H32Cl2N2S2. The maximum absolute atomic E-state index is 6.03. The topological polar surface area (TPSA) is 24.1 Å². The van der Waals surface area contributed by atoms with E-state index < -0.39 is 0 Å². The van der Waals surface area contributed by atoms with E-state index >= 15 is 0 Å². The third kappa shape index (κ3) is 5.80. The smallest absolute Gasteiger partial charge is 0.0412 e. The molecular weight excluding hydrogens is 499 g/mol. The number of piperidine rings is 2. The van der Waals surface area contributed by atoms with Crippen molar-refractivity contribution < 1.29 is 0 Å². The molecule has 0 spiro atoms. The normalized spacial score (nSPS) is 25.3. The first-order valence-electron chi connectivity index (χ1n) is 12.3. The molecule has 2 N–H and O–H groups in total. The average Bonchev–Trinajstić information content (AvgIpc) is 3.43. The van der Waals surface area contributed by atoms with Gasteiger partial charge in [0.15, 0.2) is 0 Å². The summed E-state index contributed by atoms with van der Waals surface area (Å²) < 4.78 is 2.71. The van der Waals surface area contributed by atoms with E-state index in [0.717, 1.165) is 35.0 Å². The minimum absolute atomic E-state index is 0.641. The van der Waals surface area contributed by atoms with Gasteiger partial charge in [0.1, 0.15) is 0 Å². The molecule has 2 aliphatic rings. The average molecular weight is 532 g/mol. The SMILES string of the molecule is C[C@@H]1C[C@H](c2cc3cc(Cl)ccc3s2)CCN1.C[C@H]1C[C@H](c2cc3cc(Cl)ccc3s2)CCN1. The number of halogens is 2. The van der Waals surface area contributed by atoms with E-state index in [-0.39, 0.29) is 0 Å². The monoisotopic (exact) mass is 530 g/mol. The molecule has 2 aromatic heterocycles. The Morgan fingerprint density at radius 2 is 1.12 bits per heavy atom. The molecule has 2 nitrogen and oxygen atoms in total. The molecule has 2 saturated heterocycles. The molecule has 2 aliphatic heterocycles. The van der Waals surface area contributed by atoms with Crippen LogP contribution in [0.2, 0.25) is 10.0 Å². The van der Waals surface area contributed by atoms with Crippen molar-refractivity contribution in [3.8, 4) is 0 Å². The molecule has 0 bridgehead atoms. The first kappa shape index (κ1) is 24.5. The van der Waals surface area contributed by atoms with Gasteiger partial charge >= 0.3 is 0 Å². The van der Waals surface area contributed by atoms with Gasteiger partial charge in [-0.15, -0.1) is 22.7 Å². The number of benzene rings is 2. The van der Waals surface area contributed by atoms with E-state index in [2.05, 4.69) is 60.9 Å². The Morgan fingerprint density at radius 3 is 1.53 bits per heavy atom. The first-order valence-corrected chi connectivity index (χ1v) is 14.7. The molecule has 6 heteroatoms. The van der Waals surface area contributed by atoms with Crippen molar-refractivity contribution in [1.82, 2.24) is 10.6 Å². The lowest BCUT2D eigenvalue weighted by molar-refractivity contribution is 0.384. The van der Waals surface area contributed by atoms with Crippen LogP contribution in [-0.2, 0) is 0 Å². The summed E-state index contributed by atoms with van der Waals surface area (Å²) in [7, 11) is 0. The lowest BCUT2D eigenvalue weighted by Gasteiger charge is -2.27. The Bertz CT molecular complexity index is 1170. The van der Waals surface area contributed by atoms with E-state index in [1.807, 2.05) is 34.8 Å². The van der Waals surface area contributed by atoms with Crippen LogP contribution in [0.1, 0.15) is 61.1 Å². The van der Waals surface area contributed by atoms with Crippen LogP contribution in [0.3, 0.4) is 0 Å². The number of rotatable bonds is 2. The second kappa shape index (κ2) is 10.9. The summed E-state index contributed by atoms with van der Waals surface area (Å²) in [5, 5.41) is 11.3. The summed E-state index contributed by atoms with van der Waals surface area (Å²) in [4.78, 5) is 3.05. The number of hydrogen-bond acceptors (Lipinski definition) is 4. The highest BCUT2D eigenvalue weighted by atomic mass is 35.5. The molecule has 2 fully saturated rings. The van der Waals surface area contributed by atoms with Gasteiger partial charge in [-0.1, -0.05) is 23.2 Å². The molecule has 2 aromatic carbocycles. The van der Waals surface area contributed by atoms with Crippen LogP contribution in [-0.4, -0.2) is 25.2 Å². The van der Waals surface area contributed by atoms with Crippen molar-refractivity contribution in [3.05, 3.63) is 68.3 Å². The fourth-order valence-electron chi connectivity index (χ4n) is 5.25. The number of hydrogen-bond donors (Lipinski definition) is 2. The van der Waals surface area contributed by atoms with Gasteiger partial charge in [0.25, 0.3) is 0 Å². The molecule has 4 heterocycles. The predicted molar refractivity (Wildman–Crippen MR) is 153 cm³/mol. The summed E-state index contributed by atoms with van der Waals surface area (Å²) >= 11 is 15.9. The van der Waals surface area contributed by atoms with Crippen LogP contribution in [0, 0.1) is 0 Å². The van der Waals surface area contributed by atoms with Crippen molar-refractivity contribution in [2.75, 3.05) is 13.1 Å². The zero-order valence-electron chi connectivity index (χ0n) is 19.7. The van der Waals surface area contributed by atoms with Crippen LogP contribution < -0.4 is 10.6 Å². The van der Waals surface area contributed by atoms with Gasteiger partial charge in [-0.05, 0) is 124 Å². The molecule has 0 amide bonds. The number of thiophene rings is 2. The fourth-order valence-corrected chi connectivity index (χ4v) is 8.00. The van der Waals surface area contributed by atoms with Gasteiger partial charge in [-0.3, -0.25) is 0 Å². The fraction of sp³-hybridized carbons (Fsp3) is 0.429. The van der Waals surface area contributed by atoms with Gasteiger partial charge in [-0.25, -0.2) is 0 Å². The van der Waals surface area contributed by atoms with E-state index in [4.69, 9.17) is 23.2 Å². The quantitative estimate of drug-likeness (QED) is 0.270. The van der Waals surface area contributed by atoms with Crippen LogP contribution in [0.5, 0.6) is 0 Å². The summed E-state index contributed by atoms with van der Waals surface area (Å²) in [6.45, 7) is 6.83. The van der Waals surface area contributed by atoms with E-state index in [1.54, 1.807) is 0 Å². The maximum atomic E-state index is 6.03. The molecule has 6 rings (SSSR count). The summed E-state index contributed by atoms with van der Waals surface area (Å²) in [6.07, 6.45) is 5.01. The molecule has 180 valence electrons. The lowest BCUT2D eigenvalue weighted by Crippen LogP contribution is -2.34. The minimum Gasteiger partial charge on any atom is -0.314 e. The second-order valence-corrected chi connectivity index (χ2v) is 12.9. The highest BCUT2D eigenvalue weighted by Crippen LogP contribution is 2.38. The molecule has 4 aromatic rings. The van der Waals surface area contributed by atoms with Crippen LogP contribution >= 0.6 is 45.9 Å². The Morgan fingerprint density at radius 1 is 0.676 bits per heavy atom. The van der Waals surface area contributed by atoms with E-state index in [1.165, 1.54) is 55.6 Å². The zero-order chi connectivity index (χ0) is 23.7. The van der Waals surface area contributed by atoms with Gasteiger partial charge in [0.2, 0.25) is 0 Å². The van der Waals surface area contributed by atoms with Crippen molar-refractivity contribution in [1.29, 1.82) is 0 Å². The minimum atomic E-state index is 0.641. The third-order valence-electron chi connectivity index (χ3n) is 7.05. The second-order valence-electron chi connectivity index (χ2n) is 9.81. The molecule has 0 saturated carbocycles. The molecule has 0 radical (unpaired) electrons. The highest BCUT2D eigenvalue weighted by Gasteiger charge is 2.22. The van der Waals surface area contributed by atoms with Crippen LogP contribution in [0.15, 0.2) is 48.5 Å². The standard InChI is InChI=1S/2C14H16ClNS/c2*1-9-6-10(4-5-16-9)14-8-11-7-12(15)2-3-13(11)17-14/h2*2-3,7-10,16H,4-6H2,1H3/t9-,10+;9-,10-/m01/s1. The highest BCUT2D eigenvalue weighted by molar-refractivity contribution is 7.19. The van der Waals surface area contributed by atoms with Crippen molar-refractivity contribution in [3.63, 3.8) is 0 Å². The molecule has 34 heavy (non-hydrogen) atoms. The Balaban J connectivity index is 0.000000142. The van der Waals surface area contributed by atoms with Crippen LogP contribution in [0.4, 0.5) is 0 Å². The van der Waals surface area contributed by atoms with E-state index in [9.17, 15) is 0 Å². The molecule has 0 unspecified atom stereocenters. The zero-order valence-corrected chi connectivity index (χ0v) is 22.9. The van der Waals surface area contributed by atoms with Gasteiger partial charge < -0.3 is 10.6 Å². The van der Waals surface area contributed by atoms with Crippen molar-refractivity contribution in [2.24, 2.45) is 0 Å². The predicted octanol–water partition coefficient (Wildman–Crippen LogP) is 8.82. The summed E-state index contributed by atoms with van der Waals surface area (Å²) in [6, 6.07) is 18.3. The number of fused-ring (bicyclic) bond motifs is 2. The Labute approximate surface area is 220 Å². The lowest BCUT2D eigenvalue weighted by atomic mass is 9.92.